The molecule has 1 saturated carbocycles. The minimum atomic E-state index is -1.05. The normalized spacial score (nSPS) is 19.7. The van der Waals surface area contributed by atoms with E-state index >= 15 is 0 Å². The van der Waals surface area contributed by atoms with Gasteiger partial charge in [0.15, 0.2) is 0 Å². The molecule has 6 nitrogen and oxygen atoms in total. The number of rotatable bonds is 7. The highest BCUT2D eigenvalue weighted by Crippen LogP contribution is 2.28. The summed E-state index contributed by atoms with van der Waals surface area (Å²) in [5.74, 6) is -1.42. The number of carboxylic acids is 1. The molecule has 186 valence electrons. The van der Waals surface area contributed by atoms with Gasteiger partial charge in [-0.1, -0.05) is 67.8 Å². The van der Waals surface area contributed by atoms with Crippen LogP contribution in [0.15, 0.2) is 48.5 Å². The van der Waals surface area contributed by atoms with Gasteiger partial charge in [-0.3, -0.25) is 9.59 Å². The zero-order valence-corrected chi connectivity index (χ0v) is 20.5. The molecule has 0 spiro atoms. The first-order chi connectivity index (χ1) is 16.9. The topological polar surface area (TPSA) is 86.7 Å². The van der Waals surface area contributed by atoms with E-state index in [-0.39, 0.29) is 30.1 Å². The molecule has 1 aliphatic carbocycles. The minimum absolute atomic E-state index is 0.0833. The highest BCUT2D eigenvalue weighted by Gasteiger charge is 2.33. The van der Waals surface area contributed by atoms with Gasteiger partial charge in [0, 0.05) is 25.4 Å². The molecule has 1 aliphatic heterocycles. The van der Waals surface area contributed by atoms with E-state index < -0.39 is 12.0 Å². The standard InChI is InChI=1S/C29H36N2O4/c1-20-8-5-6-12-25(20)22-15-13-21(14-16-22)18-26(29(34)35)30-27(32)24-11-7-17-31(19-24)28(33)23-9-3-2-4-10-23/h5-6,8,12-16,23-24,26H,2-4,7,9-11,17-19H2,1H3,(H,30,32)(H,34,35)/t24?,26-/m0/s1. The number of benzene rings is 2. The zero-order chi connectivity index (χ0) is 24.8. The molecule has 1 heterocycles. The number of amides is 2. The number of hydrogen-bond donors (Lipinski definition) is 2. The van der Waals surface area contributed by atoms with Crippen molar-refractivity contribution in [1.82, 2.24) is 10.2 Å². The third kappa shape index (κ3) is 6.30. The van der Waals surface area contributed by atoms with Gasteiger partial charge in [0.1, 0.15) is 6.04 Å². The van der Waals surface area contributed by atoms with Crippen molar-refractivity contribution in [2.45, 2.75) is 64.3 Å². The number of likely N-dealkylation sites (tertiary alicyclic amines) is 1. The summed E-state index contributed by atoms with van der Waals surface area (Å²) in [4.78, 5) is 39.7. The van der Waals surface area contributed by atoms with Gasteiger partial charge < -0.3 is 15.3 Å². The molecule has 2 fully saturated rings. The van der Waals surface area contributed by atoms with E-state index in [9.17, 15) is 19.5 Å². The van der Waals surface area contributed by atoms with Gasteiger partial charge in [0.05, 0.1) is 5.92 Å². The first kappa shape index (κ1) is 25.0. The molecule has 2 amide bonds. The molecule has 6 heteroatoms. The Kier molecular flexibility index (Phi) is 8.21. The van der Waals surface area contributed by atoms with Crippen molar-refractivity contribution in [3.05, 3.63) is 59.7 Å². The van der Waals surface area contributed by atoms with Gasteiger partial charge in [-0.2, -0.15) is 0 Å². The smallest absolute Gasteiger partial charge is 0.326 e. The Hall–Kier alpha value is -3.15. The number of hydrogen-bond acceptors (Lipinski definition) is 3. The fourth-order valence-corrected chi connectivity index (χ4v) is 5.44. The summed E-state index contributed by atoms with van der Waals surface area (Å²) in [6.07, 6.45) is 6.94. The average Bonchev–Trinajstić information content (AvgIpc) is 2.89. The van der Waals surface area contributed by atoms with Gasteiger partial charge in [0.2, 0.25) is 11.8 Å². The van der Waals surface area contributed by atoms with Gasteiger partial charge in [-0.05, 0) is 54.9 Å². The Labute approximate surface area is 207 Å². The Balaban J connectivity index is 1.36. The SMILES string of the molecule is Cc1ccccc1-c1ccc(C[C@H](NC(=O)C2CCCN(C(=O)C3CCCCC3)C2)C(=O)O)cc1. The largest absolute Gasteiger partial charge is 0.480 e. The Morgan fingerprint density at radius 1 is 0.943 bits per heavy atom. The molecule has 2 N–H and O–H groups in total. The molecule has 2 aromatic rings. The second-order valence-corrected chi connectivity index (χ2v) is 10.1. The van der Waals surface area contributed by atoms with E-state index in [2.05, 4.69) is 24.4 Å². The average molecular weight is 477 g/mol. The lowest BCUT2D eigenvalue weighted by atomic mass is 9.87. The molecular weight excluding hydrogens is 440 g/mol. The number of aryl methyl sites for hydroxylation is 1. The fraction of sp³-hybridized carbons (Fsp3) is 0.483. The molecule has 2 atom stereocenters. The highest BCUT2D eigenvalue weighted by molar-refractivity contribution is 5.86. The van der Waals surface area contributed by atoms with Gasteiger partial charge >= 0.3 is 5.97 Å². The van der Waals surface area contributed by atoms with Crippen LogP contribution in [0.4, 0.5) is 0 Å². The summed E-state index contributed by atoms with van der Waals surface area (Å²) in [6, 6.07) is 15.0. The first-order valence-corrected chi connectivity index (χ1v) is 12.9. The summed E-state index contributed by atoms with van der Waals surface area (Å²) >= 11 is 0. The predicted octanol–water partition coefficient (Wildman–Crippen LogP) is 4.59. The molecule has 2 aliphatic rings. The Morgan fingerprint density at radius 2 is 1.63 bits per heavy atom. The van der Waals surface area contributed by atoms with Gasteiger partial charge in [0.25, 0.3) is 0 Å². The van der Waals surface area contributed by atoms with Crippen LogP contribution >= 0.6 is 0 Å². The van der Waals surface area contributed by atoms with Crippen LogP contribution in [0.1, 0.15) is 56.1 Å². The van der Waals surface area contributed by atoms with Crippen molar-refractivity contribution in [2.24, 2.45) is 11.8 Å². The molecule has 1 unspecified atom stereocenters. The lowest BCUT2D eigenvalue weighted by molar-refractivity contribution is -0.144. The summed E-state index contributed by atoms with van der Waals surface area (Å²) in [5, 5.41) is 12.5. The molecule has 35 heavy (non-hydrogen) atoms. The van der Waals surface area contributed by atoms with E-state index in [1.54, 1.807) is 0 Å². The second-order valence-electron chi connectivity index (χ2n) is 10.1. The van der Waals surface area contributed by atoms with Crippen LogP contribution in [-0.2, 0) is 20.8 Å². The maximum Gasteiger partial charge on any atom is 0.326 e. The predicted molar refractivity (Wildman–Crippen MR) is 136 cm³/mol. The zero-order valence-electron chi connectivity index (χ0n) is 20.5. The van der Waals surface area contributed by atoms with Gasteiger partial charge in [-0.25, -0.2) is 4.79 Å². The number of carboxylic acid groups (broad SMARTS) is 1. The van der Waals surface area contributed by atoms with Crippen molar-refractivity contribution in [3.63, 3.8) is 0 Å². The number of carbonyl (C=O) groups excluding carboxylic acids is 2. The molecule has 0 bridgehead atoms. The fourth-order valence-electron chi connectivity index (χ4n) is 5.44. The van der Waals surface area contributed by atoms with Crippen molar-refractivity contribution < 1.29 is 19.5 Å². The van der Waals surface area contributed by atoms with Crippen molar-refractivity contribution in [3.8, 4) is 11.1 Å². The van der Waals surface area contributed by atoms with Crippen LogP contribution in [0.5, 0.6) is 0 Å². The number of piperidine rings is 1. The van der Waals surface area contributed by atoms with Crippen LogP contribution in [-0.4, -0.2) is 46.9 Å². The van der Waals surface area contributed by atoms with E-state index in [4.69, 9.17) is 0 Å². The first-order valence-electron chi connectivity index (χ1n) is 12.9. The molecule has 2 aromatic carbocycles. The second kappa shape index (κ2) is 11.5. The lowest BCUT2D eigenvalue weighted by Gasteiger charge is -2.35. The third-order valence-electron chi connectivity index (χ3n) is 7.52. The van der Waals surface area contributed by atoms with Gasteiger partial charge in [-0.15, -0.1) is 0 Å². The van der Waals surface area contributed by atoms with Crippen LogP contribution in [0.2, 0.25) is 0 Å². The van der Waals surface area contributed by atoms with Crippen LogP contribution in [0, 0.1) is 18.8 Å². The summed E-state index contributed by atoms with van der Waals surface area (Å²) in [6.45, 7) is 3.14. The van der Waals surface area contributed by atoms with Crippen molar-refractivity contribution in [1.29, 1.82) is 0 Å². The van der Waals surface area contributed by atoms with Crippen LogP contribution in [0.3, 0.4) is 0 Å². The van der Waals surface area contributed by atoms with Crippen LogP contribution < -0.4 is 5.32 Å². The third-order valence-corrected chi connectivity index (χ3v) is 7.52. The number of carbonyl (C=O) groups is 3. The van der Waals surface area contributed by atoms with Crippen molar-refractivity contribution >= 4 is 17.8 Å². The molecule has 0 radical (unpaired) electrons. The number of nitrogens with one attached hydrogen (secondary N) is 1. The van der Waals surface area contributed by atoms with Crippen molar-refractivity contribution in [2.75, 3.05) is 13.1 Å². The number of aliphatic carboxylic acids is 1. The minimum Gasteiger partial charge on any atom is -0.480 e. The summed E-state index contributed by atoms with van der Waals surface area (Å²) in [5.41, 5.74) is 4.26. The quantitative estimate of drug-likeness (QED) is 0.612. The molecule has 4 rings (SSSR count). The number of nitrogens with zero attached hydrogens (tertiary/aromatic N) is 1. The van der Waals surface area contributed by atoms with Crippen LogP contribution in [0.25, 0.3) is 11.1 Å². The highest BCUT2D eigenvalue weighted by atomic mass is 16.4. The molecule has 0 aromatic heterocycles. The van der Waals surface area contributed by atoms with E-state index in [1.165, 1.54) is 12.0 Å². The summed E-state index contributed by atoms with van der Waals surface area (Å²) in [7, 11) is 0. The van der Waals surface area contributed by atoms with E-state index in [0.29, 0.717) is 19.5 Å². The summed E-state index contributed by atoms with van der Waals surface area (Å²) < 4.78 is 0. The molecule has 1 saturated heterocycles. The Morgan fingerprint density at radius 3 is 2.31 bits per heavy atom. The van der Waals surface area contributed by atoms with E-state index in [0.717, 1.165) is 48.8 Å². The van der Waals surface area contributed by atoms with E-state index in [1.807, 2.05) is 41.3 Å². The monoisotopic (exact) mass is 476 g/mol. The molecular formula is C29H36N2O4. The lowest BCUT2D eigenvalue weighted by Crippen LogP contribution is -2.51. The maximum atomic E-state index is 13.0. The Bertz CT molecular complexity index is 1040. The maximum absolute atomic E-state index is 13.0.